The lowest BCUT2D eigenvalue weighted by atomic mass is 9.91. The number of aliphatic hydroxyl groups is 2. The number of ether oxygens (including phenoxy) is 4. The maximum atomic E-state index is 14.0. The lowest BCUT2D eigenvalue weighted by Crippen LogP contribution is -2.49. The summed E-state index contributed by atoms with van der Waals surface area (Å²) in [7, 11) is 0. The van der Waals surface area contributed by atoms with Crippen LogP contribution in [0.2, 0.25) is 0 Å². The van der Waals surface area contributed by atoms with Crippen LogP contribution < -0.4 is 5.32 Å². The summed E-state index contributed by atoms with van der Waals surface area (Å²) in [6, 6.07) is 6.30. The molecule has 1 aromatic carbocycles. The number of esters is 1. The van der Waals surface area contributed by atoms with Crippen LogP contribution in [0.25, 0.3) is 6.08 Å². The summed E-state index contributed by atoms with van der Waals surface area (Å²) in [4.78, 5) is 42.0. The van der Waals surface area contributed by atoms with Crippen LogP contribution in [-0.4, -0.2) is 95.9 Å². The molecule has 2 saturated heterocycles. The Balaban J connectivity index is 1.59. The van der Waals surface area contributed by atoms with Gasteiger partial charge in [-0.05, 0) is 55.5 Å². The second kappa shape index (κ2) is 18.3. The Hall–Kier alpha value is -3.25. The third-order valence-electron chi connectivity index (χ3n) is 8.95. The minimum Gasteiger partial charge on any atom is -0.499 e. The van der Waals surface area contributed by atoms with Gasteiger partial charge >= 0.3 is 5.97 Å². The van der Waals surface area contributed by atoms with Gasteiger partial charge in [-0.1, -0.05) is 51.7 Å². The molecule has 3 N–H and O–H groups in total. The SMILES string of the molecule is CCCCCC1(CCCCC)OC2C=C(C(=O)N3CCCC3C(=O)NCCO)CC(OC(=O)c3cccc(C=COCCO)c3)C2O1. The van der Waals surface area contributed by atoms with Crippen molar-refractivity contribution in [2.75, 3.05) is 32.9 Å². The first kappa shape index (κ1) is 36.6. The highest BCUT2D eigenvalue weighted by Crippen LogP contribution is 2.43. The highest BCUT2D eigenvalue weighted by molar-refractivity contribution is 5.98. The van der Waals surface area contributed by atoms with Crippen LogP contribution in [0.4, 0.5) is 0 Å². The number of nitrogens with zero attached hydrogens (tertiary/aromatic N) is 1. The van der Waals surface area contributed by atoms with E-state index in [0.29, 0.717) is 43.4 Å². The molecule has 47 heavy (non-hydrogen) atoms. The smallest absolute Gasteiger partial charge is 0.338 e. The molecule has 2 amide bonds. The van der Waals surface area contributed by atoms with E-state index in [9.17, 15) is 19.5 Å². The highest BCUT2D eigenvalue weighted by atomic mass is 16.8. The fraction of sp³-hybridized carbons (Fsp3) is 0.639. The fourth-order valence-electron chi connectivity index (χ4n) is 6.58. The lowest BCUT2D eigenvalue weighted by Gasteiger charge is -2.33. The van der Waals surface area contributed by atoms with E-state index in [4.69, 9.17) is 24.1 Å². The summed E-state index contributed by atoms with van der Waals surface area (Å²) in [5, 5.41) is 20.8. The van der Waals surface area contributed by atoms with Crippen LogP contribution in [-0.2, 0) is 28.5 Å². The number of fused-ring (bicyclic) bond motifs is 1. The first-order valence-corrected chi connectivity index (χ1v) is 17.3. The third-order valence-corrected chi connectivity index (χ3v) is 8.95. The molecule has 2 heterocycles. The standard InChI is InChI=1S/C36H52N2O9/c1-3-5-7-15-36(16-8-6-4-2)46-31-25-28(34(42)38-18-10-13-29(38)33(41)37-17-19-39)24-30(32(31)47-36)45-35(43)27-12-9-11-26(23-27)14-21-44-22-20-40/h9,11-12,14,21,23,25,29-32,39-40H,3-8,10,13,15-20,22,24H2,1-2H3,(H,37,41). The largest absolute Gasteiger partial charge is 0.499 e. The van der Waals surface area contributed by atoms with E-state index in [0.717, 1.165) is 44.1 Å². The number of likely N-dealkylation sites (tertiary alicyclic amines) is 1. The molecule has 0 spiro atoms. The summed E-state index contributed by atoms with van der Waals surface area (Å²) in [6.07, 6.45) is 11.8. The van der Waals surface area contributed by atoms with E-state index in [1.54, 1.807) is 29.2 Å². The zero-order valence-corrected chi connectivity index (χ0v) is 27.9. The molecule has 0 aromatic heterocycles. The Bertz CT molecular complexity index is 1240. The normalized spacial score (nSPS) is 23.4. The molecule has 260 valence electrons. The third kappa shape index (κ3) is 9.88. The molecular weight excluding hydrogens is 604 g/mol. The van der Waals surface area contributed by atoms with Crippen LogP contribution in [0.1, 0.15) is 100 Å². The number of nitrogens with one attached hydrogen (secondary N) is 1. The van der Waals surface area contributed by atoms with Gasteiger partial charge in [0.15, 0.2) is 5.79 Å². The molecule has 0 saturated carbocycles. The van der Waals surface area contributed by atoms with Crippen molar-refractivity contribution in [2.45, 2.75) is 115 Å². The maximum Gasteiger partial charge on any atom is 0.338 e. The Kier molecular flexibility index (Phi) is 14.3. The van der Waals surface area contributed by atoms with Crippen molar-refractivity contribution in [3.8, 4) is 0 Å². The number of amides is 2. The summed E-state index contributed by atoms with van der Waals surface area (Å²) < 4.78 is 24.8. The zero-order valence-electron chi connectivity index (χ0n) is 27.9. The predicted molar refractivity (Wildman–Crippen MR) is 176 cm³/mol. The van der Waals surface area contributed by atoms with Crippen LogP contribution in [0, 0.1) is 0 Å². The summed E-state index contributed by atoms with van der Waals surface area (Å²) >= 11 is 0. The number of benzene rings is 1. The van der Waals surface area contributed by atoms with Gasteiger partial charge in [0.05, 0.1) is 25.0 Å². The minimum atomic E-state index is -0.834. The molecule has 11 nitrogen and oxygen atoms in total. The van der Waals surface area contributed by atoms with Crippen molar-refractivity contribution in [1.29, 1.82) is 0 Å². The van der Waals surface area contributed by atoms with Crippen molar-refractivity contribution >= 4 is 23.9 Å². The van der Waals surface area contributed by atoms with Crippen molar-refractivity contribution in [3.63, 3.8) is 0 Å². The first-order valence-electron chi connectivity index (χ1n) is 17.3. The molecule has 11 heteroatoms. The van der Waals surface area contributed by atoms with Gasteiger partial charge in [-0.3, -0.25) is 9.59 Å². The molecule has 1 aromatic rings. The van der Waals surface area contributed by atoms with Crippen molar-refractivity contribution in [1.82, 2.24) is 10.2 Å². The minimum absolute atomic E-state index is 0.0984. The number of hydrogen-bond donors (Lipinski definition) is 3. The maximum absolute atomic E-state index is 14.0. The van der Waals surface area contributed by atoms with Gasteiger partial charge in [0.1, 0.15) is 31.0 Å². The zero-order chi connectivity index (χ0) is 33.6. The van der Waals surface area contributed by atoms with Gasteiger partial charge in [-0.25, -0.2) is 4.79 Å². The van der Waals surface area contributed by atoms with E-state index in [1.165, 1.54) is 6.26 Å². The van der Waals surface area contributed by atoms with Crippen molar-refractivity contribution in [2.24, 2.45) is 0 Å². The molecular formula is C36H52N2O9. The molecule has 2 aliphatic heterocycles. The van der Waals surface area contributed by atoms with Crippen LogP contribution in [0.3, 0.4) is 0 Å². The van der Waals surface area contributed by atoms with Crippen LogP contribution in [0.15, 0.2) is 42.2 Å². The Labute approximate surface area is 278 Å². The Morgan fingerprint density at radius 2 is 1.83 bits per heavy atom. The Morgan fingerprint density at radius 1 is 1.06 bits per heavy atom. The van der Waals surface area contributed by atoms with Gasteiger partial charge in [0.25, 0.3) is 0 Å². The topological polar surface area (TPSA) is 144 Å². The molecule has 2 fully saturated rings. The highest BCUT2D eigenvalue weighted by Gasteiger charge is 2.53. The number of carbonyl (C=O) groups excluding carboxylic acids is 3. The second-order valence-electron chi connectivity index (χ2n) is 12.5. The molecule has 0 bridgehead atoms. The molecule has 3 aliphatic rings. The fourth-order valence-corrected chi connectivity index (χ4v) is 6.58. The van der Waals surface area contributed by atoms with Gasteiger partial charge in [-0.15, -0.1) is 0 Å². The van der Waals surface area contributed by atoms with Gasteiger partial charge in [-0.2, -0.15) is 0 Å². The lowest BCUT2D eigenvalue weighted by molar-refractivity contribution is -0.190. The monoisotopic (exact) mass is 656 g/mol. The second-order valence-corrected chi connectivity index (χ2v) is 12.5. The van der Waals surface area contributed by atoms with Crippen LogP contribution >= 0.6 is 0 Å². The predicted octanol–water partition coefficient (Wildman–Crippen LogP) is 4.26. The van der Waals surface area contributed by atoms with E-state index in [2.05, 4.69) is 19.2 Å². The summed E-state index contributed by atoms with van der Waals surface area (Å²) in [5.74, 6) is -1.95. The summed E-state index contributed by atoms with van der Waals surface area (Å²) in [5.41, 5.74) is 1.50. The van der Waals surface area contributed by atoms with E-state index < -0.39 is 36.1 Å². The molecule has 0 radical (unpaired) electrons. The number of hydrogen-bond acceptors (Lipinski definition) is 9. The average Bonchev–Trinajstić information content (AvgIpc) is 3.71. The average molecular weight is 657 g/mol. The molecule has 4 rings (SSSR count). The molecule has 1 aliphatic carbocycles. The van der Waals surface area contributed by atoms with Gasteiger partial charge in [0.2, 0.25) is 11.8 Å². The number of aliphatic hydroxyl groups excluding tert-OH is 2. The van der Waals surface area contributed by atoms with Crippen molar-refractivity contribution in [3.05, 3.63) is 53.3 Å². The quantitative estimate of drug-likeness (QED) is 0.120. The number of rotatable bonds is 18. The van der Waals surface area contributed by atoms with Crippen LogP contribution in [0.5, 0.6) is 0 Å². The van der Waals surface area contributed by atoms with E-state index >= 15 is 0 Å². The molecule has 4 atom stereocenters. The number of carbonyl (C=O) groups is 3. The summed E-state index contributed by atoms with van der Waals surface area (Å²) in [6.45, 7) is 4.75. The van der Waals surface area contributed by atoms with Crippen molar-refractivity contribution < 1.29 is 43.5 Å². The number of unbranched alkanes of at least 4 members (excludes halogenated alkanes) is 4. The van der Waals surface area contributed by atoms with E-state index in [1.807, 2.05) is 12.1 Å². The van der Waals surface area contributed by atoms with Gasteiger partial charge < -0.3 is 39.4 Å². The van der Waals surface area contributed by atoms with Gasteiger partial charge in [0, 0.05) is 37.9 Å². The van der Waals surface area contributed by atoms with E-state index in [-0.39, 0.29) is 44.6 Å². The Morgan fingerprint density at radius 3 is 2.53 bits per heavy atom. The first-order chi connectivity index (χ1) is 22.8. The molecule has 4 unspecified atom stereocenters.